The number of aliphatic hydroxyl groups excluding tert-OH is 4. The monoisotopic (exact) mass is 1790 g/mol. The Labute approximate surface area is 646 Å². The standard InChI is InChI=1S/C37H50O7.C22H36O6.CH4.S24/c1-5-35(3)20-31(39)36(4)29(23-43-32(40)24-41-21-27-12-8-6-9-13-27)16-18-37(19-17-30(38)33(36)37)26(2)34(35)44-25-42-22-28-14-10-7-11-15-28;1-5-20(3)10-16(25)21(4)14(12-28-17(26)11-23)6-8-22(13(2)19(20)27)9-7-15(24)18(21)22;;1-3-5-7-9-11-13-15-17-19-21-23-24-22-20-18-16-14-12-10-8-6-4-2/h6-15,26,29,31,33-34,39H,5,16-25H2,1-4H3;13-14,16,18-19,23,25,27H,5-12H2,1-4H3;1H4;/t26-,29-,31+,33?,34-,35+,36-,37-;13-,14-,16+,18?,19-,20+,21-,22-;;/m00../s1. The van der Waals surface area contributed by atoms with Gasteiger partial charge in [-0.15, -0.1) is 0 Å². The van der Waals surface area contributed by atoms with Crippen molar-refractivity contribution in [2.45, 2.75) is 177 Å². The van der Waals surface area contributed by atoms with Gasteiger partial charge in [-0.2, -0.15) is 0 Å². The van der Waals surface area contributed by atoms with E-state index in [0.717, 1.165) is 62.5 Å². The summed E-state index contributed by atoms with van der Waals surface area (Å²) in [5.74, 6) is -1.60. The first-order valence-electron chi connectivity index (χ1n) is 30.9. The molecule has 6 fully saturated rings. The van der Waals surface area contributed by atoms with Gasteiger partial charge in [-0.25, -0.2) is 9.59 Å². The highest BCUT2D eigenvalue weighted by Crippen LogP contribution is 2.70. The van der Waals surface area contributed by atoms with Crippen LogP contribution in [-0.4, -0.2) is 102 Å². The molecule has 0 heterocycles. The van der Waals surface area contributed by atoms with Crippen molar-refractivity contribution in [2.24, 2.45) is 68.0 Å². The third-order valence-electron chi connectivity index (χ3n) is 21.3. The van der Waals surface area contributed by atoms with Crippen molar-refractivity contribution < 1.29 is 63.3 Å². The Kier molecular flexibility index (Phi) is 41.9. The number of hydrogen-bond acceptors (Lipinski definition) is 15. The highest BCUT2D eigenvalue weighted by molar-refractivity contribution is 8.79. The van der Waals surface area contributed by atoms with Crippen LogP contribution in [0.25, 0.3) is 0 Å². The van der Waals surface area contributed by atoms with Crippen LogP contribution >= 0.6 is 0 Å². The first kappa shape index (κ1) is 89.3. The number of ketones is 2. The van der Waals surface area contributed by atoms with Crippen LogP contribution in [0.3, 0.4) is 0 Å². The number of carbonyl (C=O) groups excluding carboxylic acids is 4. The molecular formula is C60H90O13S24. The molecular weight excluding hydrogens is 1700 g/mol. The molecule has 37 heteroatoms. The summed E-state index contributed by atoms with van der Waals surface area (Å²) in [5.41, 5.74) is -0.715. The van der Waals surface area contributed by atoms with E-state index in [1.54, 1.807) is 142 Å². The van der Waals surface area contributed by atoms with Crippen LogP contribution in [0.1, 0.15) is 151 Å². The lowest BCUT2D eigenvalue weighted by atomic mass is 9.43. The molecule has 4 bridgehead atoms. The summed E-state index contributed by atoms with van der Waals surface area (Å²) < 4.78 is 29.2. The Morgan fingerprint density at radius 2 is 0.897 bits per heavy atom. The average molecular weight is 1790 g/mol. The predicted octanol–water partition coefficient (Wildman–Crippen LogP) is 9.16. The van der Waals surface area contributed by atoms with E-state index in [1.165, 1.54) is 17.8 Å². The quantitative estimate of drug-likeness (QED) is 0.0705. The Morgan fingerprint density at radius 1 is 0.526 bits per heavy atom. The van der Waals surface area contributed by atoms with Crippen molar-refractivity contribution in [2.75, 3.05) is 33.2 Å². The van der Waals surface area contributed by atoms with Crippen LogP contribution in [0.15, 0.2) is 60.7 Å². The predicted molar refractivity (Wildman–Crippen MR) is 454 cm³/mol. The maximum Gasteiger partial charge on any atom is 0.332 e. The Morgan fingerprint density at radius 3 is 1.29 bits per heavy atom. The summed E-state index contributed by atoms with van der Waals surface area (Å²) in [6.45, 7) is 17.3. The fraction of sp³-hybridized carbons (Fsp3) is 0.733. The van der Waals surface area contributed by atoms with Gasteiger partial charge in [-0.1, -0.05) is 123 Å². The third-order valence-corrected chi connectivity index (χ3v) is 67.9. The molecule has 0 spiro atoms. The number of aliphatic hydroxyl groups is 4. The van der Waals surface area contributed by atoms with E-state index < -0.39 is 53.1 Å². The summed E-state index contributed by atoms with van der Waals surface area (Å²) in [6, 6.07) is 19.8. The number of benzene rings is 2. The van der Waals surface area contributed by atoms with Gasteiger partial charge in [0.15, 0.2) is 0 Å². The molecule has 2 aromatic carbocycles. The molecule has 0 aliphatic heterocycles. The van der Waals surface area contributed by atoms with Crippen LogP contribution < -0.4 is 0 Å². The second-order valence-electron chi connectivity index (χ2n) is 25.5. The molecule has 552 valence electrons. The first-order chi connectivity index (χ1) is 46.1. The number of ether oxygens (including phenoxy) is 5. The van der Waals surface area contributed by atoms with Gasteiger partial charge in [0.1, 0.15) is 31.6 Å². The maximum absolute atomic E-state index is 13.8. The topological polar surface area (TPSA) is 195 Å². The van der Waals surface area contributed by atoms with E-state index in [4.69, 9.17) is 51.2 Å². The smallest absolute Gasteiger partial charge is 0.332 e. The Balaban J connectivity index is 0.000000279. The SMILES string of the molecule is C.CC[C@]1(C)C[C@@H](O)[C@@]2(C)C3C(=O)CC[C@@]3(CC[C@H]2COC(=O)CO)[C@@H](C)[C@@H]1O.CC[C@]1(C)C[C@@H](O)[C@@]2(C)C3C(=O)CC[C@@]3(CC[C@H]2COC(=O)COCc2ccccc2)[C@@H](C)[C@@H]1OCOCc1ccccc1.S=S=S=S=S=S=S=S=S=S=S=S=S=S=S=S=S=S=S=S=S=S=S=S. The molecule has 6 saturated carbocycles. The van der Waals surface area contributed by atoms with Crippen LogP contribution in [0.4, 0.5) is 0 Å². The summed E-state index contributed by atoms with van der Waals surface area (Å²) >= 11 is 9.54. The minimum atomic E-state index is -0.774. The molecule has 16 atom stereocenters. The van der Waals surface area contributed by atoms with Crippen molar-refractivity contribution >= 4 is 241 Å². The van der Waals surface area contributed by atoms with Gasteiger partial charge in [0.2, 0.25) is 0 Å². The normalized spacial score (nSPS) is 31.8. The lowest BCUT2D eigenvalue weighted by Gasteiger charge is -2.62. The lowest BCUT2D eigenvalue weighted by molar-refractivity contribution is -0.232. The van der Waals surface area contributed by atoms with Gasteiger partial charge in [-0.05, 0) is 109 Å². The average Bonchev–Trinajstić information content (AvgIpc) is 1.67. The second kappa shape index (κ2) is 45.5. The van der Waals surface area contributed by atoms with Crippen molar-refractivity contribution in [3.8, 4) is 0 Å². The number of rotatable bonds is 16. The molecule has 2 aromatic rings. The molecule has 0 radical (unpaired) electrons. The van der Waals surface area contributed by atoms with Crippen LogP contribution in [0.5, 0.6) is 0 Å². The van der Waals surface area contributed by atoms with Crippen molar-refractivity contribution in [1.29, 1.82) is 0 Å². The highest BCUT2D eigenvalue weighted by atomic mass is 33.5. The van der Waals surface area contributed by atoms with Crippen molar-refractivity contribution in [3.63, 3.8) is 0 Å². The fourth-order valence-electron chi connectivity index (χ4n) is 16.1. The molecule has 2 unspecified atom stereocenters. The largest absolute Gasteiger partial charge is 0.464 e. The number of carbonyl (C=O) groups is 4. The molecule has 13 nitrogen and oxygen atoms in total. The van der Waals surface area contributed by atoms with Gasteiger partial charge >= 0.3 is 11.9 Å². The van der Waals surface area contributed by atoms with Gasteiger partial charge in [0, 0.05) is 265 Å². The number of Topliss-reactive ketones (excluding diaryl/α,β-unsaturated/α-hetero) is 2. The molecule has 8 rings (SSSR count). The number of hydrogen-bond donors (Lipinski definition) is 4. The molecule has 6 aliphatic rings. The maximum atomic E-state index is 13.8. The lowest BCUT2D eigenvalue weighted by Crippen LogP contribution is -2.64. The first-order valence-corrected chi connectivity index (χ1v) is 61.6. The minimum absolute atomic E-state index is 0. The molecule has 6 aliphatic carbocycles. The summed E-state index contributed by atoms with van der Waals surface area (Å²) in [7, 11) is 38.1. The van der Waals surface area contributed by atoms with Crippen LogP contribution in [0, 0.1) is 68.0 Å². The van der Waals surface area contributed by atoms with E-state index in [9.17, 15) is 34.5 Å². The fourth-order valence-corrected chi connectivity index (χ4v) is 71.0. The minimum Gasteiger partial charge on any atom is -0.464 e. The Bertz CT molecular complexity index is 3990. The molecule has 97 heavy (non-hydrogen) atoms. The van der Waals surface area contributed by atoms with Gasteiger partial charge in [-0.3, -0.25) is 9.59 Å². The summed E-state index contributed by atoms with van der Waals surface area (Å²) in [6.07, 6.45) is 5.87. The van der Waals surface area contributed by atoms with E-state index >= 15 is 0 Å². The van der Waals surface area contributed by atoms with E-state index in [0.29, 0.717) is 38.9 Å². The van der Waals surface area contributed by atoms with E-state index in [2.05, 4.69) is 34.6 Å². The summed E-state index contributed by atoms with van der Waals surface area (Å²) in [4.78, 5) is 51.1. The van der Waals surface area contributed by atoms with Crippen molar-refractivity contribution in [1.82, 2.24) is 0 Å². The highest BCUT2D eigenvalue weighted by Gasteiger charge is 2.70. The molecule has 0 saturated heterocycles. The van der Waals surface area contributed by atoms with Crippen molar-refractivity contribution in [3.05, 3.63) is 71.8 Å². The van der Waals surface area contributed by atoms with Crippen LogP contribution in [-0.2, 0) is 274 Å². The third kappa shape index (κ3) is 24.4. The van der Waals surface area contributed by atoms with E-state index in [1.807, 2.05) is 117 Å². The molecule has 4 N–H and O–H groups in total. The van der Waals surface area contributed by atoms with Gasteiger partial charge < -0.3 is 44.1 Å². The van der Waals surface area contributed by atoms with Gasteiger partial charge in [0.05, 0.1) is 50.8 Å². The van der Waals surface area contributed by atoms with E-state index in [-0.39, 0.29) is 103 Å². The second-order valence-corrected chi connectivity index (χ2v) is 64.4. The zero-order chi connectivity index (χ0) is 69.8. The zero-order valence-corrected chi connectivity index (χ0v) is 73.8. The number of esters is 2. The molecule has 0 aromatic heterocycles. The zero-order valence-electron chi connectivity index (χ0n) is 54.2. The Hall–Kier alpha value is 1.72. The van der Waals surface area contributed by atoms with Gasteiger partial charge in [0.25, 0.3) is 0 Å². The summed E-state index contributed by atoms with van der Waals surface area (Å²) in [5, 5.41) is 43.9. The van der Waals surface area contributed by atoms with Crippen LogP contribution in [0.2, 0.25) is 0 Å². The molecule has 0 amide bonds.